The van der Waals surface area contributed by atoms with E-state index in [9.17, 15) is 4.39 Å². The van der Waals surface area contributed by atoms with Gasteiger partial charge >= 0.3 is 0 Å². The molecule has 0 radical (unpaired) electrons. The van der Waals surface area contributed by atoms with Gasteiger partial charge in [0.05, 0.1) is 5.02 Å². The Morgan fingerprint density at radius 3 is 2.44 bits per heavy atom. The van der Waals surface area contributed by atoms with Crippen molar-refractivity contribution < 1.29 is 4.39 Å². The summed E-state index contributed by atoms with van der Waals surface area (Å²) in [5, 5.41) is 3.96. The molecule has 4 heteroatoms. The van der Waals surface area contributed by atoms with Crippen LogP contribution in [-0.4, -0.2) is 0 Å². The zero-order chi connectivity index (χ0) is 13.0. The van der Waals surface area contributed by atoms with Crippen molar-refractivity contribution in [2.45, 2.75) is 13.1 Å². The van der Waals surface area contributed by atoms with E-state index in [1.165, 1.54) is 12.1 Å². The highest BCUT2D eigenvalue weighted by molar-refractivity contribution is 9.10. The Bertz CT molecular complexity index is 545. The molecule has 94 valence electrons. The first-order valence-electron chi connectivity index (χ1n) is 5.54. The molecule has 18 heavy (non-hydrogen) atoms. The molecule has 0 heterocycles. The van der Waals surface area contributed by atoms with Gasteiger partial charge in [0.25, 0.3) is 0 Å². The van der Waals surface area contributed by atoms with Gasteiger partial charge in [-0.25, -0.2) is 4.39 Å². The molecule has 0 aliphatic heterocycles. The minimum absolute atomic E-state index is 0.205. The molecule has 0 amide bonds. The Morgan fingerprint density at radius 1 is 1.06 bits per heavy atom. The monoisotopic (exact) mass is 327 g/mol. The lowest BCUT2D eigenvalue weighted by Crippen LogP contribution is -2.12. The molecule has 0 saturated heterocycles. The van der Waals surface area contributed by atoms with E-state index in [-0.39, 0.29) is 5.82 Å². The molecule has 0 spiro atoms. The second-order valence-electron chi connectivity index (χ2n) is 3.98. The van der Waals surface area contributed by atoms with E-state index in [1.807, 2.05) is 24.3 Å². The Balaban J connectivity index is 1.90. The Labute approximate surface area is 119 Å². The number of nitrogens with one attached hydrogen (secondary N) is 1. The summed E-state index contributed by atoms with van der Waals surface area (Å²) in [7, 11) is 0. The second kappa shape index (κ2) is 6.32. The first-order chi connectivity index (χ1) is 8.65. The van der Waals surface area contributed by atoms with Crippen molar-refractivity contribution in [1.29, 1.82) is 0 Å². The maximum absolute atomic E-state index is 13.0. The molecule has 0 aromatic heterocycles. The van der Waals surface area contributed by atoms with Crippen molar-refractivity contribution in [1.82, 2.24) is 5.32 Å². The van der Waals surface area contributed by atoms with Crippen molar-refractivity contribution in [3.05, 3.63) is 68.9 Å². The standard InChI is InChI=1S/C14H12BrClFN/c15-13-7-11(4-5-14(13)16)9-18-8-10-2-1-3-12(17)6-10/h1-7,18H,8-9H2. The fourth-order valence-corrected chi connectivity index (χ4v) is 2.19. The molecule has 0 aliphatic carbocycles. The van der Waals surface area contributed by atoms with Gasteiger partial charge in [0, 0.05) is 17.6 Å². The maximum atomic E-state index is 13.0. The van der Waals surface area contributed by atoms with Crippen LogP contribution >= 0.6 is 27.5 Å². The summed E-state index contributed by atoms with van der Waals surface area (Å²) in [6, 6.07) is 12.4. The quantitative estimate of drug-likeness (QED) is 0.869. The van der Waals surface area contributed by atoms with Crippen LogP contribution in [0.2, 0.25) is 5.02 Å². The van der Waals surface area contributed by atoms with Crippen LogP contribution < -0.4 is 5.32 Å². The van der Waals surface area contributed by atoms with Gasteiger partial charge in [-0.1, -0.05) is 29.8 Å². The van der Waals surface area contributed by atoms with Gasteiger partial charge < -0.3 is 5.32 Å². The van der Waals surface area contributed by atoms with Gasteiger partial charge in [-0.15, -0.1) is 0 Å². The average Bonchev–Trinajstić information content (AvgIpc) is 2.34. The fraction of sp³-hybridized carbons (Fsp3) is 0.143. The smallest absolute Gasteiger partial charge is 0.123 e. The van der Waals surface area contributed by atoms with Crippen molar-refractivity contribution >= 4 is 27.5 Å². The molecule has 1 N–H and O–H groups in total. The van der Waals surface area contributed by atoms with Crippen LogP contribution in [0.15, 0.2) is 46.9 Å². The third-order valence-electron chi connectivity index (χ3n) is 2.53. The Morgan fingerprint density at radius 2 is 1.78 bits per heavy atom. The fourth-order valence-electron chi connectivity index (χ4n) is 1.65. The van der Waals surface area contributed by atoms with Crippen LogP contribution in [0.3, 0.4) is 0 Å². The lowest BCUT2D eigenvalue weighted by Gasteiger charge is -2.06. The van der Waals surface area contributed by atoms with E-state index in [2.05, 4.69) is 21.2 Å². The number of benzene rings is 2. The molecule has 0 saturated carbocycles. The highest BCUT2D eigenvalue weighted by Crippen LogP contribution is 2.23. The highest BCUT2D eigenvalue weighted by Gasteiger charge is 1.99. The molecule has 1 nitrogen and oxygen atoms in total. The molecule has 0 aliphatic rings. The van der Waals surface area contributed by atoms with Gasteiger partial charge in [0.2, 0.25) is 0 Å². The van der Waals surface area contributed by atoms with Crippen molar-refractivity contribution in [3.63, 3.8) is 0 Å². The average molecular weight is 329 g/mol. The normalized spacial score (nSPS) is 10.6. The van der Waals surface area contributed by atoms with Gasteiger partial charge in [-0.3, -0.25) is 0 Å². The van der Waals surface area contributed by atoms with Gasteiger partial charge in [0.15, 0.2) is 0 Å². The van der Waals surface area contributed by atoms with Gasteiger partial charge in [0.1, 0.15) is 5.82 Å². The third kappa shape index (κ3) is 3.80. The number of hydrogen-bond donors (Lipinski definition) is 1. The van der Waals surface area contributed by atoms with Crippen LogP contribution in [-0.2, 0) is 13.1 Å². The van der Waals surface area contributed by atoms with Crippen LogP contribution in [0.25, 0.3) is 0 Å². The summed E-state index contributed by atoms with van der Waals surface area (Å²) >= 11 is 9.30. The minimum Gasteiger partial charge on any atom is -0.309 e. The topological polar surface area (TPSA) is 12.0 Å². The minimum atomic E-state index is -0.205. The van der Waals surface area contributed by atoms with Crippen LogP contribution in [0, 0.1) is 5.82 Å². The van der Waals surface area contributed by atoms with Crippen LogP contribution in [0.5, 0.6) is 0 Å². The lowest BCUT2D eigenvalue weighted by molar-refractivity contribution is 0.620. The highest BCUT2D eigenvalue weighted by atomic mass is 79.9. The van der Waals surface area contributed by atoms with Crippen LogP contribution in [0.1, 0.15) is 11.1 Å². The van der Waals surface area contributed by atoms with Crippen LogP contribution in [0.4, 0.5) is 4.39 Å². The van der Waals surface area contributed by atoms with E-state index < -0.39 is 0 Å². The Kier molecular flexibility index (Phi) is 4.75. The lowest BCUT2D eigenvalue weighted by atomic mass is 10.2. The summed E-state index contributed by atoms with van der Waals surface area (Å²) in [5.41, 5.74) is 2.06. The van der Waals surface area contributed by atoms with Crippen molar-refractivity contribution in [3.8, 4) is 0 Å². The summed E-state index contributed by atoms with van der Waals surface area (Å²) in [6.07, 6.45) is 0. The van der Waals surface area contributed by atoms with E-state index in [0.29, 0.717) is 18.1 Å². The molecule has 2 rings (SSSR count). The molecule has 2 aromatic carbocycles. The van der Waals surface area contributed by atoms with Crippen molar-refractivity contribution in [2.75, 3.05) is 0 Å². The first kappa shape index (κ1) is 13.5. The SMILES string of the molecule is Fc1cccc(CNCc2ccc(Cl)c(Br)c2)c1. The maximum Gasteiger partial charge on any atom is 0.123 e. The number of hydrogen-bond acceptors (Lipinski definition) is 1. The molecule has 0 unspecified atom stereocenters. The second-order valence-corrected chi connectivity index (χ2v) is 5.24. The van der Waals surface area contributed by atoms with Gasteiger partial charge in [-0.05, 0) is 51.3 Å². The molecular formula is C14H12BrClFN. The number of rotatable bonds is 4. The summed E-state index contributed by atoms with van der Waals surface area (Å²) < 4.78 is 13.8. The Hall–Kier alpha value is -0.900. The van der Waals surface area contributed by atoms with E-state index in [4.69, 9.17) is 11.6 Å². The first-order valence-corrected chi connectivity index (χ1v) is 6.71. The largest absolute Gasteiger partial charge is 0.309 e. The summed E-state index contributed by atoms with van der Waals surface area (Å²) in [6.45, 7) is 1.35. The molecule has 2 aromatic rings. The van der Waals surface area contributed by atoms with Crippen molar-refractivity contribution in [2.24, 2.45) is 0 Å². The molecular weight excluding hydrogens is 317 g/mol. The van der Waals surface area contributed by atoms with E-state index in [0.717, 1.165) is 15.6 Å². The number of halogens is 3. The zero-order valence-corrected chi connectivity index (χ0v) is 11.9. The molecule has 0 bridgehead atoms. The molecule has 0 atom stereocenters. The molecule has 0 fully saturated rings. The summed E-state index contributed by atoms with van der Waals surface area (Å²) in [4.78, 5) is 0. The van der Waals surface area contributed by atoms with E-state index in [1.54, 1.807) is 6.07 Å². The van der Waals surface area contributed by atoms with Gasteiger partial charge in [-0.2, -0.15) is 0 Å². The predicted octanol–water partition coefficient (Wildman–Crippen LogP) is 4.53. The third-order valence-corrected chi connectivity index (χ3v) is 3.75. The predicted molar refractivity (Wildman–Crippen MR) is 76.1 cm³/mol. The zero-order valence-electron chi connectivity index (χ0n) is 9.59. The van der Waals surface area contributed by atoms with E-state index >= 15 is 0 Å². The summed E-state index contributed by atoms with van der Waals surface area (Å²) in [5.74, 6) is -0.205.